The summed E-state index contributed by atoms with van der Waals surface area (Å²) in [5, 5.41) is 6.17. The Bertz CT molecular complexity index is 1020. The molecule has 25 heavy (non-hydrogen) atoms. The molecule has 4 rings (SSSR count). The van der Waals surface area contributed by atoms with Crippen LogP contribution in [0.25, 0.3) is 32.8 Å². The molecule has 0 aliphatic heterocycles. The minimum Gasteiger partial charge on any atom is -0.363 e. The zero-order chi connectivity index (χ0) is 17.2. The molecule has 0 spiro atoms. The first-order chi connectivity index (χ1) is 12.2. The molecule has 0 fully saturated rings. The molecule has 0 saturated carbocycles. The van der Waals surface area contributed by atoms with Crippen molar-refractivity contribution in [3.63, 3.8) is 0 Å². The van der Waals surface area contributed by atoms with E-state index in [1.807, 2.05) is 66.0 Å². The molecule has 122 valence electrons. The van der Waals surface area contributed by atoms with Crippen molar-refractivity contribution in [2.24, 2.45) is 5.73 Å². The molecule has 5 heteroatoms. The third-order valence-electron chi connectivity index (χ3n) is 3.92. The second-order valence-electron chi connectivity index (χ2n) is 5.52. The van der Waals surface area contributed by atoms with Crippen LogP contribution in [0.1, 0.15) is 10.6 Å². The molecule has 0 atom stereocenters. The number of thiophene rings is 1. The van der Waals surface area contributed by atoms with Gasteiger partial charge in [-0.15, -0.1) is 11.3 Å². The van der Waals surface area contributed by atoms with E-state index in [-0.39, 0.29) is 5.76 Å². The quantitative estimate of drug-likeness (QED) is 0.575. The van der Waals surface area contributed by atoms with Crippen molar-refractivity contribution in [1.82, 2.24) is 5.16 Å². The van der Waals surface area contributed by atoms with Gasteiger partial charge in [0.05, 0.1) is 5.56 Å². The van der Waals surface area contributed by atoms with Gasteiger partial charge in [0.15, 0.2) is 0 Å². The Labute approximate surface area is 148 Å². The van der Waals surface area contributed by atoms with Crippen LogP contribution in [0.5, 0.6) is 0 Å². The summed E-state index contributed by atoms with van der Waals surface area (Å²) in [5.74, 6) is -0.560. The van der Waals surface area contributed by atoms with Crippen molar-refractivity contribution in [3.05, 3.63) is 77.9 Å². The predicted octanol–water partition coefficient (Wildman–Crippen LogP) is 4.84. The Morgan fingerprint density at radius 1 is 0.920 bits per heavy atom. The molecule has 2 heterocycles. The van der Waals surface area contributed by atoms with Crippen molar-refractivity contribution < 1.29 is 9.32 Å². The van der Waals surface area contributed by atoms with Crippen molar-refractivity contribution in [1.29, 1.82) is 0 Å². The first-order valence-corrected chi connectivity index (χ1v) is 8.61. The number of nitrogens with two attached hydrogens (primary N) is 1. The number of amides is 1. The summed E-state index contributed by atoms with van der Waals surface area (Å²) in [5.41, 5.74) is 9.52. The summed E-state index contributed by atoms with van der Waals surface area (Å²) in [6, 6.07) is 21.6. The van der Waals surface area contributed by atoms with Gasteiger partial charge in [-0.25, -0.2) is 0 Å². The summed E-state index contributed by atoms with van der Waals surface area (Å²) in [7, 11) is 0. The highest BCUT2D eigenvalue weighted by Crippen LogP contribution is 2.36. The molecular formula is C20H14N2O2S. The van der Waals surface area contributed by atoms with Crippen LogP contribution in [0, 0.1) is 0 Å². The van der Waals surface area contributed by atoms with Gasteiger partial charge in [0.1, 0.15) is 5.69 Å². The summed E-state index contributed by atoms with van der Waals surface area (Å²) >= 11 is 1.67. The van der Waals surface area contributed by atoms with Crippen LogP contribution >= 0.6 is 11.3 Å². The van der Waals surface area contributed by atoms with E-state index in [1.54, 1.807) is 11.3 Å². The molecule has 0 radical (unpaired) electrons. The zero-order valence-electron chi connectivity index (χ0n) is 13.2. The lowest BCUT2D eigenvalue weighted by Gasteiger charge is -2.05. The number of primary amides is 1. The SMILES string of the molecule is NC(=O)c1onc(-c2cccc(-c3cccs3)c2)c1-c1ccccc1. The smallest absolute Gasteiger partial charge is 0.288 e. The molecule has 2 N–H and O–H groups in total. The van der Waals surface area contributed by atoms with Crippen molar-refractivity contribution in [3.8, 4) is 32.8 Å². The Morgan fingerprint density at radius 3 is 2.40 bits per heavy atom. The maximum Gasteiger partial charge on any atom is 0.288 e. The average Bonchev–Trinajstić information content (AvgIpc) is 3.32. The Morgan fingerprint density at radius 2 is 1.68 bits per heavy atom. The van der Waals surface area contributed by atoms with E-state index in [0.29, 0.717) is 11.3 Å². The number of nitrogens with zero attached hydrogens (tertiary/aromatic N) is 1. The predicted molar refractivity (Wildman–Crippen MR) is 99.2 cm³/mol. The minimum absolute atomic E-state index is 0.0720. The molecule has 1 amide bonds. The third kappa shape index (κ3) is 2.86. The first-order valence-electron chi connectivity index (χ1n) is 7.73. The normalized spacial score (nSPS) is 10.7. The summed E-state index contributed by atoms with van der Waals surface area (Å²) in [6.07, 6.45) is 0. The maximum absolute atomic E-state index is 11.8. The largest absolute Gasteiger partial charge is 0.363 e. The van der Waals surface area contributed by atoms with E-state index < -0.39 is 5.91 Å². The summed E-state index contributed by atoms with van der Waals surface area (Å²) in [4.78, 5) is 13.0. The van der Waals surface area contributed by atoms with Gasteiger partial charge >= 0.3 is 0 Å². The second kappa shape index (κ2) is 6.37. The van der Waals surface area contributed by atoms with Gasteiger partial charge in [-0.3, -0.25) is 4.79 Å². The van der Waals surface area contributed by atoms with Crippen LogP contribution < -0.4 is 5.73 Å². The Kier molecular flexibility index (Phi) is 3.91. The number of hydrogen-bond acceptors (Lipinski definition) is 4. The highest BCUT2D eigenvalue weighted by Gasteiger charge is 2.23. The van der Waals surface area contributed by atoms with Crippen LogP contribution in [0.2, 0.25) is 0 Å². The first kappa shape index (κ1) is 15.4. The number of hydrogen-bond donors (Lipinski definition) is 1. The van der Waals surface area contributed by atoms with Crippen molar-refractivity contribution >= 4 is 17.2 Å². The van der Waals surface area contributed by atoms with Crippen LogP contribution in [0.3, 0.4) is 0 Å². The lowest BCUT2D eigenvalue weighted by molar-refractivity contribution is 0.0966. The lowest BCUT2D eigenvalue weighted by atomic mass is 9.97. The average molecular weight is 346 g/mol. The van der Waals surface area contributed by atoms with E-state index in [0.717, 1.165) is 16.7 Å². The van der Waals surface area contributed by atoms with Gasteiger partial charge in [0.2, 0.25) is 5.76 Å². The van der Waals surface area contributed by atoms with E-state index in [9.17, 15) is 4.79 Å². The van der Waals surface area contributed by atoms with E-state index in [1.165, 1.54) is 4.88 Å². The molecule has 4 nitrogen and oxygen atoms in total. The highest BCUT2D eigenvalue weighted by atomic mass is 32.1. The molecule has 0 unspecified atom stereocenters. The molecule has 4 aromatic rings. The number of aromatic nitrogens is 1. The van der Waals surface area contributed by atoms with Gasteiger partial charge < -0.3 is 10.3 Å². The third-order valence-corrected chi connectivity index (χ3v) is 4.84. The molecule has 0 saturated heterocycles. The zero-order valence-corrected chi connectivity index (χ0v) is 14.0. The minimum atomic E-state index is -0.632. The van der Waals surface area contributed by atoms with Gasteiger partial charge in [0.25, 0.3) is 5.91 Å². The Balaban J connectivity index is 1.90. The number of carbonyl (C=O) groups excluding carboxylic acids is 1. The van der Waals surface area contributed by atoms with Gasteiger partial charge in [0, 0.05) is 10.4 Å². The maximum atomic E-state index is 11.8. The number of benzene rings is 2. The van der Waals surface area contributed by atoms with Crippen LogP contribution in [-0.2, 0) is 0 Å². The van der Waals surface area contributed by atoms with E-state index in [4.69, 9.17) is 10.3 Å². The fraction of sp³-hybridized carbons (Fsp3) is 0. The van der Waals surface area contributed by atoms with Crippen molar-refractivity contribution in [2.75, 3.05) is 0 Å². The van der Waals surface area contributed by atoms with Gasteiger partial charge in [-0.2, -0.15) is 0 Å². The van der Waals surface area contributed by atoms with Crippen LogP contribution in [0.15, 0.2) is 76.6 Å². The van der Waals surface area contributed by atoms with Crippen LogP contribution in [-0.4, -0.2) is 11.1 Å². The molecule has 2 aromatic carbocycles. The molecule has 2 aromatic heterocycles. The van der Waals surface area contributed by atoms with Crippen LogP contribution in [0.4, 0.5) is 0 Å². The molecular weight excluding hydrogens is 332 g/mol. The number of carbonyl (C=O) groups is 1. The fourth-order valence-electron chi connectivity index (χ4n) is 2.79. The standard InChI is InChI=1S/C20H14N2O2S/c21-20(23)19-17(13-6-2-1-3-7-13)18(22-24-19)15-9-4-8-14(12-15)16-10-5-11-25-16/h1-12H,(H2,21,23). The monoisotopic (exact) mass is 346 g/mol. The van der Waals surface area contributed by atoms with E-state index in [2.05, 4.69) is 11.2 Å². The molecule has 0 bridgehead atoms. The van der Waals surface area contributed by atoms with Gasteiger partial charge in [-0.1, -0.05) is 59.8 Å². The van der Waals surface area contributed by atoms with Crippen molar-refractivity contribution in [2.45, 2.75) is 0 Å². The molecule has 0 aliphatic rings. The number of rotatable bonds is 4. The second-order valence-corrected chi connectivity index (χ2v) is 6.47. The van der Waals surface area contributed by atoms with E-state index >= 15 is 0 Å². The summed E-state index contributed by atoms with van der Waals surface area (Å²) in [6.45, 7) is 0. The lowest BCUT2D eigenvalue weighted by Crippen LogP contribution is -2.11. The Hall–Kier alpha value is -3.18. The van der Waals surface area contributed by atoms with Gasteiger partial charge in [-0.05, 0) is 28.6 Å². The fourth-order valence-corrected chi connectivity index (χ4v) is 3.51. The topological polar surface area (TPSA) is 69.1 Å². The summed E-state index contributed by atoms with van der Waals surface area (Å²) < 4.78 is 5.27. The molecule has 0 aliphatic carbocycles. The highest BCUT2D eigenvalue weighted by molar-refractivity contribution is 7.13.